The molecule has 0 unspecified atom stereocenters. The van der Waals surface area contributed by atoms with Gasteiger partial charge in [0.15, 0.2) is 0 Å². The van der Waals surface area contributed by atoms with Crippen molar-refractivity contribution < 1.29 is 9.47 Å². The highest BCUT2D eigenvalue weighted by Crippen LogP contribution is 2.12. The molecule has 1 heterocycles. The van der Waals surface area contributed by atoms with Gasteiger partial charge in [0.2, 0.25) is 5.95 Å². The Morgan fingerprint density at radius 2 is 1.76 bits per heavy atom. The van der Waals surface area contributed by atoms with E-state index in [0.29, 0.717) is 19.2 Å². The Balaban J connectivity index is 2.66. The van der Waals surface area contributed by atoms with Crippen molar-refractivity contribution in [3.8, 4) is 12.0 Å². The third kappa shape index (κ3) is 4.81. The van der Waals surface area contributed by atoms with Gasteiger partial charge in [0.1, 0.15) is 6.61 Å². The van der Waals surface area contributed by atoms with E-state index in [1.54, 1.807) is 7.05 Å². The summed E-state index contributed by atoms with van der Waals surface area (Å²) in [6, 6.07) is 0.543. The van der Waals surface area contributed by atoms with Gasteiger partial charge in [-0.15, -0.1) is 4.98 Å². The van der Waals surface area contributed by atoms with Gasteiger partial charge in [0.05, 0.1) is 6.61 Å². The van der Waals surface area contributed by atoms with E-state index in [0.717, 1.165) is 6.54 Å². The van der Waals surface area contributed by atoms with Crippen LogP contribution < -0.4 is 14.8 Å². The molecule has 0 atom stereocenters. The van der Waals surface area contributed by atoms with E-state index in [1.807, 2.05) is 25.9 Å². The maximum atomic E-state index is 5.42. The lowest BCUT2D eigenvalue weighted by Crippen LogP contribution is -2.20. The predicted octanol–water partition coefficient (Wildman–Crippen LogP) is 0.252. The van der Waals surface area contributed by atoms with Crippen LogP contribution in [0.2, 0.25) is 0 Å². The molecule has 0 saturated heterocycles. The van der Waals surface area contributed by atoms with Gasteiger partial charge in [-0.05, 0) is 21.0 Å². The first kappa shape index (κ1) is 13.4. The van der Waals surface area contributed by atoms with E-state index in [4.69, 9.17) is 9.47 Å². The molecule has 0 spiro atoms. The highest BCUT2D eigenvalue weighted by atomic mass is 16.5. The molecule has 1 rings (SSSR count). The minimum Gasteiger partial charge on any atom is -0.464 e. The zero-order valence-corrected chi connectivity index (χ0v) is 10.7. The first-order valence-electron chi connectivity index (χ1n) is 5.50. The quantitative estimate of drug-likeness (QED) is 0.733. The molecule has 17 heavy (non-hydrogen) atoms. The van der Waals surface area contributed by atoms with Crippen LogP contribution in [0.1, 0.15) is 6.92 Å². The van der Waals surface area contributed by atoms with Crippen molar-refractivity contribution in [1.82, 2.24) is 19.9 Å². The van der Waals surface area contributed by atoms with Gasteiger partial charge in [-0.2, -0.15) is 9.97 Å². The predicted molar refractivity (Wildman–Crippen MR) is 64.6 cm³/mol. The average molecular weight is 241 g/mol. The number of likely N-dealkylation sites (N-methyl/N-ethyl adjacent to an activating group) is 1. The summed E-state index contributed by atoms with van der Waals surface area (Å²) in [7, 11) is 5.68. The molecule has 0 saturated carbocycles. The summed E-state index contributed by atoms with van der Waals surface area (Å²) in [6.07, 6.45) is 0. The molecule has 1 aromatic rings. The van der Waals surface area contributed by atoms with Crippen LogP contribution in [0.25, 0.3) is 0 Å². The molecule has 0 fully saturated rings. The van der Waals surface area contributed by atoms with Crippen LogP contribution in [0.3, 0.4) is 0 Å². The van der Waals surface area contributed by atoms with Crippen molar-refractivity contribution in [2.75, 3.05) is 46.2 Å². The van der Waals surface area contributed by atoms with Crippen molar-refractivity contribution in [3.05, 3.63) is 0 Å². The summed E-state index contributed by atoms with van der Waals surface area (Å²) >= 11 is 0. The third-order valence-corrected chi connectivity index (χ3v) is 1.86. The topological polar surface area (TPSA) is 72.4 Å². The minimum atomic E-state index is 0.270. The first-order valence-corrected chi connectivity index (χ1v) is 5.50. The second kappa shape index (κ2) is 6.85. The lowest BCUT2D eigenvalue weighted by molar-refractivity contribution is 0.237. The molecular weight excluding hydrogens is 222 g/mol. The molecule has 7 nitrogen and oxygen atoms in total. The standard InChI is InChI=1S/C10H19N5O2/c1-5-16-9-12-8(11-2)13-10(14-9)17-7-6-15(3)4/h5-7H2,1-4H3,(H,11,12,13,14). The Kier molecular flexibility index (Phi) is 5.41. The fourth-order valence-corrected chi connectivity index (χ4v) is 1.03. The summed E-state index contributed by atoms with van der Waals surface area (Å²) in [6.45, 7) is 3.69. The van der Waals surface area contributed by atoms with Gasteiger partial charge in [-0.1, -0.05) is 0 Å². The van der Waals surface area contributed by atoms with Crippen molar-refractivity contribution in [2.45, 2.75) is 6.92 Å². The lowest BCUT2D eigenvalue weighted by Gasteiger charge is -2.10. The fraction of sp³-hybridized carbons (Fsp3) is 0.700. The van der Waals surface area contributed by atoms with E-state index in [1.165, 1.54) is 0 Å². The van der Waals surface area contributed by atoms with E-state index < -0.39 is 0 Å². The number of aromatic nitrogens is 3. The number of nitrogens with one attached hydrogen (secondary N) is 1. The second-order valence-electron chi connectivity index (χ2n) is 3.56. The van der Waals surface area contributed by atoms with E-state index in [-0.39, 0.29) is 12.0 Å². The van der Waals surface area contributed by atoms with Crippen LogP contribution in [0, 0.1) is 0 Å². The average Bonchev–Trinajstić information content (AvgIpc) is 2.28. The van der Waals surface area contributed by atoms with Crippen LogP contribution in [-0.2, 0) is 0 Å². The molecular formula is C10H19N5O2. The zero-order chi connectivity index (χ0) is 12.7. The molecule has 0 aliphatic rings. The Morgan fingerprint density at radius 1 is 1.12 bits per heavy atom. The molecule has 7 heteroatoms. The van der Waals surface area contributed by atoms with Gasteiger partial charge < -0.3 is 19.7 Å². The maximum Gasteiger partial charge on any atom is 0.324 e. The molecule has 1 N–H and O–H groups in total. The normalized spacial score (nSPS) is 10.4. The van der Waals surface area contributed by atoms with Gasteiger partial charge in [0, 0.05) is 13.6 Å². The van der Waals surface area contributed by atoms with Crippen LogP contribution in [-0.4, -0.2) is 60.8 Å². The summed E-state index contributed by atoms with van der Waals surface area (Å²) < 4.78 is 10.6. The number of ether oxygens (including phenoxy) is 2. The molecule has 1 aromatic heterocycles. The minimum absolute atomic E-state index is 0.270. The van der Waals surface area contributed by atoms with Crippen molar-refractivity contribution in [3.63, 3.8) is 0 Å². The van der Waals surface area contributed by atoms with Crippen LogP contribution in [0.5, 0.6) is 12.0 Å². The summed E-state index contributed by atoms with van der Waals surface area (Å²) in [5.74, 6) is 0.434. The molecule has 0 aliphatic carbocycles. The van der Waals surface area contributed by atoms with Crippen molar-refractivity contribution in [2.24, 2.45) is 0 Å². The number of hydrogen-bond donors (Lipinski definition) is 1. The number of hydrogen-bond acceptors (Lipinski definition) is 7. The third-order valence-electron chi connectivity index (χ3n) is 1.86. The van der Waals surface area contributed by atoms with Crippen molar-refractivity contribution >= 4 is 5.95 Å². The molecule has 0 aromatic carbocycles. The van der Waals surface area contributed by atoms with Crippen LogP contribution in [0.4, 0.5) is 5.95 Å². The van der Waals surface area contributed by atoms with Gasteiger partial charge in [-0.25, -0.2) is 0 Å². The zero-order valence-electron chi connectivity index (χ0n) is 10.7. The first-order chi connectivity index (χ1) is 8.15. The summed E-state index contributed by atoms with van der Waals surface area (Å²) in [5, 5.41) is 2.83. The van der Waals surface area contributed by atoms with Gasteiger partial charge in [-0.3, -0.25) is 0 Å². The van der Waals surface area contributed by atoms with Gasteiger partial charge in [0.25, 0.3) is 0 Å². The smallest absolute Gasteiger partial charge is 0.324 e. The van der Waals surface area contributed by atoms with E-state index in [2.05, 4.69) is 20.3 Å². The highest BCUT2D eigenvalue weighted by Gasteiger charge is 2.07. The Bertz CT molecular complexity index is 345. The Labute approximate surface area is 101 Å². The molecule has 0 bridgehead atoms. The van der Waals surface area contributed by atoms with Crippen molar-refractivity contribution in [1.29, 1.82) is 0 Å². The van der Waals surface area contributed by atoms with E-state index >= 15 is 0 Å². The van der Waals surface area contributed by atoms with Gasteiger partial charge >= 0.3 is 12.0 Å². The number of nitrogens with zero attached hydrogens (tertiary/aromatic N) is 4. The fourth-order valence-electron chi connectivity index (χ4n) is 1.03. The number of rotatable bonds is 7. The van der Waals surface area contributed by atoms with E-state index in [9.17, 15) is 0 Å². The molecule has 0 aliphatic heterocycles. The van der Waals surface area contributed by atoms with Crippen LogP contribution >= 0.6 is 0 Å². The summed E-state index contributed by atoms with van der Waals surface area (Å²) in [4.78, 5) is 14.2. The second-order valence-corrected chi connectivity index (χ2v) is 3.56. The van der Waals surface area contributed by atoms with Crippen LogP contribution in [0.15, 0.2) is 0 Å². The molecule has 0 radical (unpaired) electrons. The molecule has 96 valence electrons. The monoisotopic (exact) mass is 241 g/mol. The Hall–Kier alpha value is -1.63. The maximum absolute atomic E-state index is 5.42. The lowest BCUT2D eigenvalue weighted by atomic mass is 10.6. The molecule has 0 amide bonds. The Morgan fingerprint density at radius 3 is 2.29 bits per heavy atom. The largest absolute Gasteiger partial charge is 0.464 e. The SMILES string of the molecule is CCOc1nc(NC)nc(OCCN(C)C)n1. The summed E-state index contributed by atoms with van der Waals surface area (Å²) in [5.41, 5.74) is 0. The number of anilines is 1. The highest BCUT2D eigenvalue weighted by molar-refractivity contribution is 5.26.